The molecule has 0 unspecified atom stereocenters. The van der Waals surface area contributed by atoms with E-state index in [0.29, 0.717) is 12.8 Å². The molecule has 2 heteroatoms. The standard InChI is InChI=1S/C13H16O2/c1-11(15)10-13-7-5-12(6-8-13)4-2-3-9-14/h2,4-8,14H,3,9-10H2,1H3. The lowest BCUT2D eigenvalue weighted by Gasteiger charge is -1.98. The van der Waals surface area contributed by atoms with Crippen molar-refractivity contribution in [3.8, 4) is 0 Å². The van der Waals surface area contributed by atoms with Crippen molar-refractivity contribution in [2.24, 2.45) is 0 Å². The van der Waals surface area contributed by atoms with Crippen molar-refractivity contribution in [2.45, 2.75) is 19.8 Å². The van der Waals surface area contributed by atoms with Crippen molar-refractivity contribution in [3.05, 3.63) is 41.5 Å². The van der Waals surface area contributed by atoms with E-state index in [0.717, 1.165) is 11.1 Å². The third-order valence-corrected chi connectivity index (χ3v) is 2.04. The van der Waals surface area contributed by atoms with Crippen LogP contribution in [0.2, 0.25) is 0 Å². The predicted molar refractivity (Wildman–Crippen MR) is 61.6 cm³/mol. The fourth-order valence-corrected chi connectivity index (χ4v) is 1.33. The van der Waals surface area contributed by atoms with Crippen LogP contribution in [0, 0.1) is 0 Å². The molecule has 0 spiro atoms. The summed E-state index contributed by atoms with van der Waals surface area (Å²) in [5.74, 6) is 0.179. The van der Waals surface area contributed by atoms with Gasteiger partial charge in [-0.25, -0.2) is 0 Å². The number of carbonyl (C=O) groups is 1. The number of hydrogen-bond donors (Lipinski definition) is 1. The molecule has 80 valence electrons. The summed E-state index contributed by atoms with van der Waals surface area (Å²) >= 11 is 0. The zero-order chi connectivity index (χ0) is 11.1. The second kappa shape index (κ2) is 6.14. The number of Topliss-reactive ketones (excluding diaryl/α,β-unsaturated/α-hetero) is 1. The normalized spacial score (nSPS) is 10.8. The van der Waals surface area contributed by atoms with E-state index in [4.69, 9.17) is 5.11 Å². The molecule has 0 aliphatic carbocycles. The van der Waals surface area contributed by atoms with Gasteiger partial charge in [0, 0.05) is 13.0 Å². The first-order valence-corrected chi connectivity index (χ1v) is 5.08. The van der Waals surface area contributed by atoms with Gasteiger partial charge in [0.15, 0.2) is 0 Å². The molecule has 0 aliphatic heterocycles. The number of hydrogen-bond acceptors (Lipinski definition) is 2. The Morgan fingerprint density at radius 3 is 2.53 bits per heavy atom. The van der Waals surface area contributed by atoms with E-state index in [2.05, 4.69) is 0 Å². The first-order chi connectivity index (χ1) is 7.22. The van der Waals surface area contributed by atoms with E-state index >= 15 is 0 Å². The van der Waals surface area contributed by atoms with E-state index < -0.39 is 0 Å². The SMILES string of the molecule is CC(=O)Cc1ccc(C=CCCO)cc1. The van der Waals surface area contributed by atoms with Gasteiger partial charge in [-0.2, -0.15) is 0 Å². The lowest BCUT2D eigenvalue weighted by atomic mass is 10.1. The van der Waals surface area contributed by atoms with Crippen molar-refractivity contribution in [1.82, 2.24) is 0 Å². The van der Waals surface area contributed by atoms with Crippen LogP contribution in [0.5, 0.6) is 0 Å². The maximum Gasteiger partial charge on any atom is 0.134 e. The van der Waals surface area contributed by atoms with Crippen molar-refractivity contribution in [3.63, 3.8) is 0 Å². The van der Waals surface area contributed by atoms with Gasteiger partial charge in [0.1, 0.15) is 5.78 Å². The van der Waals surface area contributed by atoms with Crippen molar-refractivity contribution >= 4 is 11.9 Å². The topological polar surface area (TPSA) is 37.3 Å². The van der Waals surface area contributed by atoms with Crippen LogP contribution < -0.4 is 0 Å². The van der Waals surface area contributed by atoms with Crippen LogP contribution in [0.3, 0.4) is 0 Å². The highest BCUT2D eigenvalue weighted by molar-refractivity contribution is 5.78. The third kappa shape index (κ3) is 4.56. The number of benzene rings is 1. The average Bonchev–Trinajstić information content (AvgIpc) is 2.20. The summed E-state index contributed by atoms with van der Waals surface area (Å²) in [6, 6.07) is 7.87. The maximum absolute atomic E-state index is 10.9. The first-order valence-electron chi connectivity index (χ1n) is 5.08. The molecule has 0 bridgehead atoms. The highest BCUT2D eigenvalue weighted by atomic mass is 16.2. The third-order valence-electron chi connectivity index (χ3n) is 2.04. The van der Waals surface area contributed by atoms with Gasteiger partial charge >= 0.3 is 0 Å². The van der Waals surface area contributed by atoms with Crippen LogP contribution in [-0.4, -0.2) is 17.5 Å². The van der Waals surface area contributed by atoms with Crippen LogP contribution in [0.15, 0.2) is 30.3 Å². The predicted octanol–water partition coefficient (Wildman–Crippen LogP) is 2.21. The summed E-state index contributed by atoms with van der Waals surface area (Å²) in [4.78, 5) is 10.9. The molecule has 0 atom stereocenters. The second-order valence-electron chi connectivity index (χ2n) is 3.54. The van der Waals surface area contributed by atoms with Gasteiger partial charge in [-0.3, -0.25) is 4.79 Å². The zero-order valence-electron chi connectivity index (χ0n) is 8.94. The molecule has 0 aromatic heterocycles. The Morgan fingerprint density at radius 2 is 2.00 bits per heavy atom. The van der Waals surface area contributed by atoms with Gasteiger partial charge < -0.3 is 5.11 Å². The first kappa shape index (κ1) is 11.7. The molecule has 1 N–H and O–H groups in total. The van der Waals surface area contributed by atoms with E-state index in [1.54, 1.807) is 6.92 Å². The van der Waals surface area contributed by atoms with E-state index in [1.165, 1.54) is 0 Å². The highest BCUT2D eigenvalue weighted by Crippen LogP contribution is 2.07. The summed E-state index contributed by atoms with van der Waals surface area (Å²) in [6.45, 7) is 1.77. The molecule has 2 nitrogen and oxygen atoms in total. The van der Waals surface area contributed by atoms with E-state index in [1.807, 2.05) is 36.4 Å². The Kier molecular flexibility index (Phi) is 4.78. The number of carbonyl (C=O) groups excluding carboxylic acids is 1. The summed E-state index contributed by atoms with van der Waals surface area (Å²) in [6.07, 6.45) is 5.07. The maximum atomic E-state index is 10.9. The largest absolute Gasteiger partial charge is 0.396 e. The van der Waals surface area contributed by atoms with Crippen molar-refractivity contribution in [1.29, 1.82) is 0 Å². The van der Waals surface area contributed by atoms with Crippen LogP contribution in [0.4, 0.5) is 0 Å². The monoisotopic (exact) mass is 204 g/mol. The molecule has 0 heterocycles. The van der Waals surface area contributed by atoms with E-state index in [9.17, 15) is 4.79 Å². The Labute approximate surface area is 90.3 Å². The molecule has 0 aliphatic rings. The molecule has 0 saturated carbocycles. The highest BCUT2D eigenvalue weighted by Gasteiger charge is 1.96. The number of aliphatic hydroxyl groups is 1. The van der Waals surface area contributed by atoms with Crippen LogP contribution in [-0.2, 0) is 11.2 Å². The number of ketones is 1. The molecule has 15 heavy (non-hydrogen) atoms. The molecular weight excluding hydrogens is 188 g/mol. The number of aliphatic hydroxyl groups excluding tert-OH is 1. The summed E-state index contributed by atoms with van der Waals surface area (Å²) < 4.78 is 0. The molecule has 1 aromatic carbocycles. The van der Waals surface area contributed by atoms with Crippen molar-refractivity contribution < 1.29 is 9.90 Å². The van der Waals surface area contributed by atoms with E-state index in [-0.39, 0.29) is 12.4 Å². The minimum atomic E-state index is 0.179. The fraction of sp³-hybridized carbons (Fsp3) is 0.308. The molecule has 0 amide bonds. The smallest absolute Gasteiger partial charge is 0.134 e. The average molecular weight is 204 g/mol. The van der Waals surface area contributed by atoms with Gasteiger partial charge in [0.05, 0.1) is 0 Å². The van der Waals surface area contributed by atoms with Gasteiger partial charge in [-0.05, 0) is 24.5 Å². The fourth-order valence-electron chi connectivity index (χ4n) is 1.33. The molecule has 1 rings (SSSR count). The quantitative estimate of drug-likeness (QED) is 0.798. The molecule has 0 saturated heterocycles. The van der Waals surface area contributed by atoms with Gasteiger partial charge in [0.2, 0.25) is 0 Å². The minimum absolute atomic E-state index is 0.179. The van der Waals surface area contributed by atoms with Gasteiger partial charge in [-0.15, -0.1) is 0 Å². The number of rotatable bonds is 5. The minimum Gasteiger partial charge on any atom is -0.396 e. The second-order valence-corrected chi connectivity index (χ2v) is 3.54. The Balaban J connectivity index is 2.60. The van der Waals surface area contributed by atoms with Crippen LogP contribution >= 0.6 is 0 Å². The Morgan fingerprint density at radius 1 is 1.33 bits per heavy atom. The Bertz CT molecular complexity index is 336. The van der Waals surface area contributed by atoms with Gasteiger partial charge in [-0.1, -0.05) is 36.4 Å². The zero-order valence-corrected chi connectivity index (χ0v) is 8.94. The lowest BCUT2D eigenvalue weighted by Crippen LogP contribution is -1.95. The molecule has 1 aromatic rings. The summed E-state index contributed by atoms with van der Waals surface area (Å²) in [5.41, 5.74) is 2.14. The summed E-state index contributed by atoms with van der Waals surface area (Å²) in [5, 5.41) is 8.60. The lowest BCUT2D eigenvalue weighted by molar-refractivity contribution is -0.116. The molecule has 0 fully saturated rings. The van der Waals surface area contributed by atoms with Crippen LogP contribution in [0.25, 0.3) is 6.08 Å². The molecular formula is C13H16O2. The summed E-state index contributed by atoms with van der Waals surface area (Å²) in [7, 11) is 0. The Hall–Kier alpha value is -1.41. The van der Waals surface area contributed by atoms with Crippen molar-refractivity contribution in [2.75, 3.05) is 6.61 Å². The van der Waals surface area contributed by atoms with Gasteiger partial charge in [0.25, 0.3) is 0 Å². The van der Waals surface area contributed by atoms with Crippen LogP contribution in [0.1, 0.15) is 24.5 Å². The molecule has 0 radical (unpaired) electrons.